The Morgan fingerprint density at radius 1 is 1.37 bits per heavy atom. The molecule has 0 saturated carbocycles. The van der Waals surface area contributed by atoms with Crippen molar-refractivity contribution in [3.63, 3.8) is 0 Å². The van der Waals surface area contributed by atoms with Crippen LogP contribution in [-0.4, -0.2) is 31.1 Å². The van der Waals surface area contributed by atoms with Gasteiger partial charge in [-0.2, -0.15) is 10.2 Å². The van der Waals surface area contributed by atoms with Gasteiger partial charge in [0.05, 0.1) is 18.8 Å². The Labute approximate surface area is 113 Å². The lowest BCUT2D eigenvalue weighted by atomic mass is 10.3. The van der Waals surface area contributed by atoms with Gasteiger partial charge in [0.15, 0.2) is 0 Å². The molecule has 1 unspecified atom stereocenters. The summed E-state index contributed by atoms with van der Waals surface area (Å²) in [6, 6.07) is 2.48. The van der Waals surface area contributed by atoms with E-state index in [1.165, 1.54) is 0 Å². The fourth-order valence-corrected chi connectivity index (χ4v) is 1.84. The molecule has 19 heavy (non-hydrogen) atoms. The summed E-state index contributed by atoms with van der Waals surface area (Å²) < 4.78 is 3.90. The standard InChI is InChI=1S/C13H22N6/c1-4-11(3)18-7-6-12(17-18)9-19-13(8-14-5-2)15-10-16-19/h6-7,10-11,14H,4-5,8-9H2,1-3H3. The first-order valence-corrected chi connectivity index (χ1v) is 6.86. The van der Waals surface area contributed by atoms with E-state index in [1.807, 2.05) is 21.6 Å². The molecule has 0 aliphatic heterocycles. The van der Waals surface area contributed by atoms with E-state index in [-0.39, 0.29) is 0 Å². The average Bonchev–Trinajstić information content (AvgIpc) is 3.05. The number of nitrogens with zero attached hydrogens (tertiary/aromatic N) is 5. The van der Waals surface area contributed by atoms with Crippen molar-refractivity contribution in [1.82, 2.24) is 29.9 Å². The van der Waals surface area contributed by atoms with E-state index in [2.05, 4.69) is 41.3 Å². The molecule has 0 spiro atoms. The van der Waals surface area contributed by atoms with Crippen LogP contribution >= 0.6 is 0 Å². The van der Waals surface area contributed by atoms with Crippen molar-refractivity contribution >= 4 is 0 Å². The molecular weight excluding hydrogens is 240 g/mol. The Hall–Kier alpha value is -1.69. The summed E-state index contributed by atoms with van der Waals surface area (Å²) in [5.74, 6) is 0.944. The van der Waals surface area contributed by atoms with Crippen molar-refractivity contribution in [3.05, 3.63) is 30.1 Å². The summed E-state index contributed by atoms with van der Waals surface area (Å²) in [5, 5.41) is 12.1. The number of hydrogen-bond donors (Lipinski definition) is 1. The van der Waals surface area contributed by atoms with Crippen LogP contribution in [0.3, 0.4) is 0 Å². The topological polar surface area (TPSA) is 60.6 Å². The molecule has 6 nitrogen and oxygen atoms in total. The highest BCUT2D eigenvalue weighted by atomic mass is 15.4. The summed E-state index contributed by atoms with van der Waals surface area (Å²) in [6.07, 6.45) is 4.71. The SMILES string of the molecule is CCNCc1ncnn1Cc1ccn(C(C)CC)n1. The van der Waals surface area contributed by atoms with E-state index in [0.29, 0.717) is 12.6 Å². The van der Waals surface area contributed by atoms with E-state index >= 15 is 0 Å². The number of hydrogen-bond acceptors (Lipinski definition) is 4. The number of aromatic nitrogens is 5. The highest BCUT2D eigenvalue weighted by molar-refractivity contribution is 5.01. The quantitative estimate of drug-likeness (QED) is 0.823. The second kappa shape index (κ2) is 6.47. The Kier molecular flexibility index (Phi) is 4.68. The lowest BCUT2D eigenvalue weighted by Gasteiger charge is -2.08. The summed E-state index contributed by atoms with van der Waals surface area (Å²) in [5.41, 5.74) is 1.02. The van der Waals surface area contributed by atoms with Crippen LogP contribution in [0.15, 0.2) is 18.6 Å². The first kappa shape index (κ1) is 13.7. The Morgan fingerprint density at radius 2 is 2.21 bits per heavy atom. The lowest BCUT2D eigenvalue weighted by molar-refractivity contribution is 0.469. The molecule has 2 aromatic heterocycles. The van der Waals surface area contributed by atoms with Gasteiger partial charge in [-0.25, -0.2) is 9.67 Å². The molecule has 2 aromatic rings. The van der Waals surface area contributed by atoms with Crippen molar-refractivity contribution in [2.24, 2.45) is 0 Å². The zero-order valence-electron chi connectivity index (χ0n) is 11.9. The van der Waals surface area contributed by atoms with Gasteiger partial charge >= 0.3 is 0 Å². The van der Waals surface area contributed by atoms with Gasteiger partial charge in [0.1, 0.15) is 12.2 Å². The van der Waals surface area contributed by atoms with Crippen LogP contribution in [-0.2, 0) is 13.1 Å². The van der Waals surface area contributed by atoms with E-state index < -0.39 is 0 Å². The van der Waals surface area contributed by atoms with Gasteiger partial charge < -0.3 is 5.32 Å². The molecule has 0 aromatic carbocycles. The fourth-order valence-electron chi connectivity index (χ4n) is 1.84. The van der Waals surface area contributed by atoms with Gasteiger partial charge in [0.2, 0.25) is 0 Å². The number of nitrogens with one attached hydrogen (secondary N) is 1. The highest BCUT2D eigenvalue weighted by Crippen LogP contribution is 2.10. The summed E-state index contributed by atoms with van der Waals surface area (Å²) in [7, 11) is 0. The normalized spacial score (nSPS) is 12.8. The molecule has 0 aliphatic carbocycles. The van der Waals surface area contributed by atoms with Crippen LogP contribution in [0.25, 0.3) is 0 Å². The predicted octanol–water partition coefficient (Wildman–Crippen LogP) is 1.60. The maximum absolute atomic E-state index is 4.58. The second-order valence-electron chi connectivity index (χ2n) is 4.66. The van der Waals surface area contributed by atoms with E-state index in [9.17, 15) is 0 Å². The predicted molar refractivity (Wildman–Crippen MR) is 73.7 cm³/mol. The average molecular weight is 262 g/mol. The molecule has 6 heteroatoms. The van der Waals surface area contributed by atoms with Crippen LogP contribution in [0.5, 0.6) is 0 Å². The van der Waals surface area contributed by atoms with E-state index in [4.69, 9.17) is 0 Å². The van der Waals surface area contributed by atoms with Crippen molar-refractivity contribution in [3.8, 4) is 0 Å². The monoisotopic (exact) mass is 262 g/mol. The molecule has 1 atom stereocenters. The van der Waals surface area contributed by atoms with E-state index in [0.717, 1.165) is 31.0 Å². The minimum absolute atomic E-state index is 0.436. The first-order chi connectivity index (χ1) is 9.24. The maximum Gasteiger partial charge on any atom is 0.141 e. The molecule has 104 valence electrons. The molecule has 0 fully saturated rings. The van der Waals surface area contributed by atoms with E-state index in [1.54, 1.807) is 6.33 Å². The molecule has 0 aliphatic rings. The van der Waals surface area contributed by atoms with Gasteiger partial charge in [-0.05, 0) is 26.0 Å². The molecule has 0 radical (unpaired) electrons. The number of rotatable bonds is 7. The van der Waals surface area contributed by atoms with Gasteiger partial charge in [-0.3, -0.25) is 4.68 Å². The van der Waals surface area contributed by atoms with Crippen LogP contribution in [0.1, 0.15) is 44.8 Å². The summed E-state index contributed by atoms with van der Waals surface area (Å²) >= 11 is 0. The Balaban J connectivity index is 2.04. The molecule has 0 saturated heterocycles. The smallest absolute Gasteiger partial charge is 0.141 e. The molecule has 0 amide bonds. The first-order valence-electron chi connectivity index (χ1n) is 6.86. The van der Waals surface area contributed by atoms with Gasteiger partial charge in [-0.1, -0.05) is 13.8 Å². The van der Waals surface area contributed by atoms with Crippen molar-refractivity contribution in [2.75, 3.05) is 6.54 Å². The zero-order valence-corrected chi connectivity index (χ0v) is 11.9. The van der Waals surface area contributed by atoms with Crippen LogP contribution in [0.4, 0.5) is 0 Å². The third-order valence-electron chi connectivity index (χ3n) is 3.25. The van der Waals surface area contributed by atoms with Crippen molar-refractivity contribution in [1.29, 1.82) is 0 Å². The molecule has 0 bridgehead atoms. The highest BCUT2D eigenvalue weighted by Gasteiger charge is 2.08. The second-order valence-corrected chi connectivity index (χ2v) is 4.66. The third-order valence-corrected chi connectivity index (χ3v) is 3.25. The Morgan fingerprint density at radius 3 is 2.95 bits per heavy atom. The molecule has 2 heterocycles. The van der Waals surface area contributed by atoms with Crippen LogP contribution in [0, 0.1) is 0 Å². The third kappa shape index (κ3) is 3.41. The molecular formula is C13H22N6. The van der Waals surface area contributed by atoms with Gasteiger partial charge in [0, 0.05) is 12.2 Å². The minimum Gasteiger partial charge on any atom is -0.310 e. The maximum atomic E-state index is 4.58. The van der Waals surface area contributed by atoms with Crippen LogP contribution in [0.2, 0.25) is 0 Å². The lowest BCUT2D eigenvalue weighted by Crippen LogP contribution is -2.17. The zero-order chi connectivity index (χ0) is 13.7. The summed E-state index contributed by atoms with van der Waals surface area (Å²) in [6.45, 7) is 8.75. The largest absolute Gasteiger partial charge is 0.310 e. The van der Waals surface area contributed by atoms with Gasteiger partial charge in [-0.15, -0.1) is 0 Å². The minimum atomic E-state index is 0.436. The fraction of sp³-hybridized carbons (Fsp3) is 0.615. The summed E-state index contributed by atoms with van der Waals surface area (Å²) in [4.78, 5) is 4.26. The Bertz CT molecular complexity index is 501. The molecule has 1 N–H and O–H groups in total. The van der Waals surface area contributed by atoms with Crippen molar-refractivity contribution < 1.29 is 0 Å². The van der Waals surface area contributed by atoms with Crippen LogP contribution < -0.4 is 5.32 Å². The van der Waals surface area contributed by atoms with Gasteiger partial charge in [0.25, 0.3) is 0 Å². The van der Waals surface area contributed by atoms with Crippen molar-refractivity contribution in [2.45, 2.75) is 46.3 Å². The molecule has 2 rings (SSSR count).